The fourth-order valence-corrected chi connectivity index (χ4v) is 8.55. The number of H-pyrrole nitrogens is 1. The number of carbonyl (C=O) groups excluding carboxylic acids is 5. The van der Waals surface area contributed by atoms with Crippen LogP contribution in [0.3, 0.4) is 0 Å². The molecule has 0 aliphatic carbocycles. The van der Waals surface area contributed by atoms with Crippen molar-refractivity contribution in [2.45, 2.75) is 25.9 Å². The van der Waals surface area contributed by atoms with E-state index in [2.05, 4.69) is 20.7 Å². The van der Waals surface area contributed by atoms with Crippen LogP contribution in [-0.4, -0.2) is 164 Å². The van der Waals surface area contributed by atoms with Gasteiger partial charge in [0.15, 0.2) is 0 Å². The number of carbonyl (C=O) groups is 5. The second-order valence-corrected chi connectivity index (χ2v) is 17.1. The largest absolute Gasteiger partial charge is 0.499 e. The van der Waals surface area contributed by atoms with Gasteiger partial charge >= 0.3 is 0 Å². The van der Waals surface area contributed by atoms with E-state index in [-0.39, 0.29) is 55.8 Å². The number of rotatable bonds is 22. The Morgan fingerprint density at radius 2 is 1.77 bits per heavy atom. The summed E-state index contributed by atoms with van der Waals surface area (Å²) >= 11 is 14.6. The molecule has 3 aromatic heterocycles. The van der Waals surface area contributed by atoms with Crippen LogP contribution in [0.4, 0.5) is 5.00 Å². The number of anilines is 1. The Bertz CT molecular complexity index is 2340. The highest BCUT2D eigenvalue weighted by Crippen LogP contribution is 2.42. The molecule has 2 aliphatic heterocycles. The SMILES string of the molecule is CN(C)CC=CC(=O)N1CCN(c2ccc(CCNC(=O)/C=C/OCCOCCOCCNC(=O)Cn3ccc(-c4cc(Cl)c(Cl)c5[nH]c6c(c45)CN(C(=O)CO)CC6)n3)s2)C(=O)C1. The van der Waals surface area contributed by atoms with Gasteiger partial charge < -0.3 is 54.5 Å². The number of nitrogens with zero attached hydrogens (tertiary/aromatic N) is 6. The molecule has 1 saturated heterocycles. The molecule has 0 spiro atoms. The molecule has 2 aliphatic rings. The minimum atomic E-state index is -0.567. The molecule has 1 fully saturated rings. The highest BCUT2D eigenvalue weighted by molar-refractivity contribution is 7.16. The number of hydrogen-bond donors (Lipinski definition) is 4. The van der Waals surface area contributed by atoms with E-state index >= 15 is 0 Å². The lowest BCUT2D eigenvalue weighted by molar-refractivity contribution is -0.135. The average Bonchev–Trinajstić information content (AvgIpc) is 4.04. The first kappa shape index (κ1) is 48.2. The quantitative estimate of drug-likeness (QED) is 0.0513. The fraction of sp³-hybridized carbons (Fsp3) is 0.442. The van der Waals surface area contributed by atoms with Crippen molar-refractivity contribution in [2.75, 3.05) is 104 Å². The number of benzene rings is 1. The van der Waals surface area contributed by atoms with Crippen LogP contribution in [0.1, 0.15) is 16.1 Å². The number of aromatic nitrogens is 3. The molecule has 1 aromatic carbocycles. The van der Waals surface area contributed by atoms with Crippen LogP contribution in [0, 0.1) is 0 Å². The summed E-state index contributed by atoms with van der Waals surface area (Å²) in [6, 6.07) is 7.35. The number of thiophene rings is 1. The van der Waals surface area contributed by atoms with Gasteiger partial charge in [0.05, 0.1) is 58.9 Å². The molecule has 6 rings (SSSR count). The molecule has 0 radical (unpaired) electrons. The minimum Gasteiger partial charge on any atom is -0.499 e. The molecule has 0 atom stereocenters. The van der Waals surface area contributed by atoms with Gasteiger partial charge in [-0.3, -0.25) is 28.7 Å². The van der Waals surface area contributed by atoms with Gasteiger partial charge in [0.1, 0.15) is 26.3 Å². The first-order valence-corrected chi connectivity index (χ1v) is 22.4. The smallest absolute Gasteiger partial charge is 0.248 e. The lowest BCUT2D eigenvalue weighted by atomic mass is 9.99. The van der Waals surface area contributed by atoms with Crippen molar-refractivity contribution in [1.29, 1.82) is 0 Å². The van der Waals surface area contributed by atoms with Crippen molar-refractivity contribution in [2.24, 2.45) is 0 Å². The van der Waals surface area contributed by atoms with Crippen LogP contribution in [-0.2, 0) is 64.1 Å². The molecule has 5 amide bonds. The summed E-state index contributed by atoms with van der Waals surface area (Å²) in [7, 11) is 3.84. The zero-order valence-electron chi connectivity index (χ0n) is 35.8. The number of aromatic amines is 1. The van der Waals surface area contributed by atoms with Crippen LogP contribution >= 0.6 is 34.5 Å². The maximum absolute atomic E-state index is 12.8. The number of piperazine rings is 1. The van der Waals surface area contributed by atoms with Crippen LogP contribution < -0.4 is 15.5 Å². The number of aliphatic hydroxyl groups is 1. The third-order valence-electron chi connectivity index (χ3n) is 10.3. The Hall–Kier alpha value is -5.28. The highest BCUT2D eigenvalue weighted by Gasteiger charge is 2.29. The topological polar surface area (TPSA) is 204 Å². The maximum atomic E-state index is 12.8. The average molecular weight is 943 g/mol. The summed E-state index contributed by atoms with van der Waals surface area (Å²) in [5.41, 5.74) is 3.77. The maximum Gasteiger partial charge on any atom is 0.248 e. The molecule has 4 N–H and O–H groups in total. The van der Waals surface area contributed by atoms with Gasteiger partial charge in [-0.15, -0.1) is 11.3 Å². The Labute approximate surface area is 384 Å². The van der Waals surface area contributed by atoms with Gasteiger partial charge in [-0.1, -0.05) is 29.3 Å². The van der Waals surface area contributed by atoms with E-state index in [1.165, 1.54) is 34.4 Å². The Morgan fingerprint density at radius 1 is 0.969 bits per heavy atom. The van der Waals surface area contributed by atoms with Crippen molar-refractivity contribution in [1.82, 2.24) is 40.1 Å². The Balaban J connectivity index is 0.795. The number of likely N-dealkylation sites (N-methyl/N-ethyl adjacent to an activating group) is 1. The number of amides is 5. The number of hydrogen-bond acceptors (Lipinski definition) is 12. The van der Waals surface area contributed by atoms with Crippen molar-refractivity contribution < 1.29 is 43.3 Å². The molecular formula is C43H53Cl2N9O9S. The minimum absolute atomic E-state index is 0.0188. The number of fused-ring (bicyclic) bond motifs is 3. The van der Waals surface area contributed by atoms with Crippen LogP contribution in [0.5, 0.6) is 0 Å². The molecule has 4 aromatic rings. The standard InChI is InChI=1S/C43H53Cl2N9O9S/c1-50(2)13-3-4-37(58)52-16-17-54(38(59)27-52)40-6-5-29(64-40)7-11-46-35(56)10-18-61-20-22-63-23-21-62-19-12-47-36(57)26-53-15-9-34(49-53)30-24-32(44)42(45)43-41(30)31-25-51(39(60)28-55)14-8-33(31)48-43/h3-6,9-10,15,18,24,48,55H,7-8,11-14,16-17,19-23,25-28H2,1-2H3,(H,46,56)(H,47,57)/b4-3?,18-10+. The number of ether oxygens (including phenoxy) is 3. The van der Waals surface area contributed by atoms with Crippen molar-refractivity contribution in [3.8, 4) is 11.3 Å². The second-order valence-electron chi connectivity index (χ2n) is 15.2. The van der Waals surface area contributed by atoms with Crippen molar-refractivity contribution in [3.05, 3.63) is 81.1 Å². The predicted molar refractivity (Wildman–Crippen MR) is 243 cm³/mol. The third kappa shape index (κ3) is 13.2. The number of nitrogens with one attached hydrogen (secondary N) is 3. The van der Waals surface area contributed by atoms with Gasteiger partial charge in [-0.2, -0.15) is 5.10 Å². The normalized spacial score (nSPS) is 14.3. The van der Waals surface area contributed by atoms with Crippen molar-refractivity contribution in [3.63, 3.8) is 0 Å². The third-order valence-corrected chi connectivity index (χ3v) is 12.3. The molecule has 64 heavy (non-hydrogen) atoms. The van der Waals surface area contributed by atoms with E-state index in [4.69, 9.17) is 37.4 Å². The van der Waals surface area contributed by atoms with Gasteiger partial charge in [-0.25, -0.2) is 0 Å². The first-order valence-electron chi connectivity index (χ1n) is 20.8. The predicted octanol–water partition coefficient (Wildman–Crippen LogP) is 2.61. The fourth-order valence-electron chi connectivity index (χ4n) is 7.10. The molecule has 0 unspecified atom stereocenters. The molecule has 21 heteroatoms. The van der Waals surface area contributed by atoms with Gasteiger partial charge in [0.2, 0.25) is 29.5 Å². The molecular weight excluding hydrogens is 889 g/mol. The van der Waals surface area contributed by atoms with Crippen LogP contribution in [0.2, 0.25) is 10.0 Å². The highest BCUT2D eigenvalue weighted by atomic mass is 35.5. The lowest BCUT2D eigenvalue weighted by Crippen LogP contribution is -2.51. The molecule has 18 nitrogen and oxygen atoms in total. The summed E-state index contributed by atoms with van der Waals surface area (Å²) < 4.78 is 17.9. The zero-order chi connectivity index (χ0) is 45.6. The van der Waals surface area contributed by atoms with E-state index in [1.54, 1.807) is 39.1 Å². The molecule has 344 valence electrons. The summed E-state index contributed by atoms with van der Waals surface area (Å²) in [6.45, 7) is 3.94. The van der Waals surface area contributed by atoms with E-state index in [0.29, 0.717) is 105 Å². The lowest BCUT2D eigenvalue weighted by Gasteiger charge is -2.33. The summed E-state index contributed by atoms with van der Waals surface area (Å²) in [5, 5.41) is 22.0. The van der Waals surface area contributed by atoms with E-state index in [1.807, 2.05) is 31.1 Å². The van der Waals surface area contributed by atoms with E-state index in [0.717, 1.165) is 26.5 Å². The summed E-state index contributed by atoms with van der Waals surface area (Å²) in [4.78, 5) is 73.6. The molecule has 0 saturated carbocycles. The monoisotopic (exact) mass is 941 g/mol. The number of halogens is 2. The van der Waals surface area contributed by atoms with Crippen molar-refractivity contribution >= 4 is 80.0 Å². The van der Waals surface area contributed by atoms with Crippen LogP contribution in [0.25, 0.3) is 22.2 Å². The van der Waals surface area contributed by atoms with Gasteiger partial charge in [0.25, 0.3) is 0 Å². The first-order chi connectivity index (χ1) is 30.9. The van der Waals surface area contributed by atoms with Gasteiger partial charge in [0, 0.05) is 97.7 Å². The summed E-state index contributed by atoms with van der Waals surface area (Å²) in [6.07, 6.45) is 8.80. The number of aliphatic hydroxyl groups excluding tert-OH is 1. The Kier molecular flexibility index (Phi) is 17.8. The summed E-state index contributed by atoms with van der Waals surface area (Å²) in [5.74, 6) is -1.19. The zero-order valence-corrected chi connectivity index (χ0v) is 38.1. The second kappa shape index (κ2) is 23.6. The molecule has 0 bridgehead atoms. The van der Waals surface area contributed by atoms with E-state index < -0.39 is 6.61 Å². The van der Waals surface area contributed by atoms with E-state index in [9.17, 15) is 29.1 Å². The van der Waals surface area contributed by atoms with Crippen LogP contribution in [0.15, 0.2) is 55.0 Å². The van der Waals surface area contributed by atoms with Gasteiger partial charge in [-0.05, 0) is 44.8 Å². The molecule has 5 heterocycles. The Morgan fingerprint density at radius 3 is 2.55 bits per heavy atom.